The van der Waals surface area contributed by atoms with E-state index in [2.05, 4.69) is 4.74 Å². The number of carbonyl (C=O) groups excluding carboxylic acids is 1. The zero-order chi connectivity index (χ0) is 15.6. The first kappa shape index (κ1) is 20.3. The highest BCUT2D eigenvalue weighted by Gasteiger charge is 2.42. The fraction of sp³-hybridized carbons (Fsp3) is 0.786. The SMILES string of the molecule is CC.CC/C(C)=C\C(C(C)CC(=O)OC)C(F)(F)F. The van der Waals surface area contributed by atoms with Gasteiger partial charge in [-0.2, -0.15) is 13.2 Å². The smallest absolute Gasteiger partial charge is 0.395 e. The molecule has 19 heavy (non-hydrogen) atoms. The lowest BCUT2D eigenvalue weighted by Gasteiger charge is -2.23. The first-order valence-corrected chi connectivity index (χ1v) is 6.53. The van der Waals surface area contributed by atoms with E-state index in [1.807, 2.05) is 13.8 Å². The normalized spacial score (nSPS) is 15.1. The molecule has 2 nitrogen and oxygen atoms in total. The molecule has 0 aromatic rings. The molecule has 0 heterocycles. The molecule has 0 aliphatic rings. The first-order valence-electron chi connectivity index (χ1n) is 6.53. The van der Waals surface area contributed by atoms with Crippen LogP contribution in [0.25, 0.3) is 0 Å². The Bertz CT molecular complexity index is 283. The standard InChI is InChI=1S/C12H19F3O2.C2H6/c1-5-8(2)6-10(12(13,14)15)9(3)7-11(16)17-4;1-2/h6,9-10H,5,7H2,1-4H3;1-2H3/b8-6-;. The predicted octanol–water partition coefficient (Wildman–Crippen LogP) is 4.75. The Balaban J connectivity index is 0. The number of hydrogen-bond acceptors (Lipinski definition) is 2. The van der Waals surface area contributed by atoms with Crippen molar-refractivity contribution in [3.8, 4) is 0 Å². The van der Waals surface area contributed by atoms with Crippen LogP contribution < -0.4 is 0 Å². The summed E-state index contributed by atoms with van der Waals surface area (Å²) in [4.78, 5) is 11.0. The number of alkyl halides is 3. The van der Waals surface area contributed by atoms with Gasteiger partial charge in [-0.05, 0) is 19.3 Å². The summed E-state index contributed by atoms with van der Waals surface area (Å²) < 4.78 is 42.9. The van der Waals surface area contributed by atoms with Crippen molar-refractivity contribution in [2.75, 3.05) is 7.11 Å². The van der Waals surface area contributed by atoms with Crippen LogP contribution in [0.4, 0.5) is 13.2 Å². The fourth-order valence-electron chi connectivity index (χ4n) is 1.48. The first-order chi connectivity index (χ1) is 8.72. The van der Waals surface area contributed by atoms with Gasteiger partial charge in [0.15, 0.2) is 0 Å². The maximum Gasteiger partial charge on any atom is 0.395 e. The predicted molar refractivity (Wildman–Crippen MR) is 70.7 cm³/mol. The van der Waals surface area contributed by atoms with E-state index in [9.17, 15) is 18.0 Å². The Kier molecular flexibility index (Phi) is 10.6. The van der Waals surface area contributed by atoms with Gasteiger partial charge < -0.3 is 4.74 Å². The summed E-state index contributed by atoms with van der Waals surface area (Å²) >= 11 is 0. The summed E-state index contributed by atoms with van der Waals surface area (Å²) in [5.41, 5.74) is 0.670. The molecular weight excluding hydrogens is 257 g/mol. The van der Waals surface area contributed by atoms with Crippen molar-refractivity contribution in [2.24, 2.45) is 11.8 Å². The molecule has 0 N–H and O–H groups in total. The van der Waals surface area contributed by atoms with Gasteiger partial charge in [0.25, 0.3) is 0 Å². The third kappa shape index (κ3) is 8.67. The summed E-state index contributed by atoms with van der Waals surface area (Å²) in [5, 5.41) is 0. The second-order valence-electron chi connectivity index (χ2n) is 4.19. The van der Waals surface area contributed by atoms with Gasteiger partial charge >= 0.3 is 12.1 Å². The molecule has 2 unspecified atom stereocenters. The van der Waals surface area contributed by atoms with Crippen molar-refractivity contribution >= 4 is 5.97 Å². The van der Waals surface area contributed by atoms with Gasteiger partial charge in [0.05, 0.1) is 13.0 Å². The summed E-state index contributed by atoms with van der Waals surface area (Å²) in [7, 11) is 1.17. The zero-order valence-corrected chi connectivity index (χ0v) is 12.6. The van der Waals surface area contributed by atoms with E-state index in [4.69, 9.17) is 0 Å². The Morgan fingerprint density at radius 2 is 1.79 bits per heavy atom. The third-order valence-corrected chi connectivity index (χ3v) is 2.73. The van der Waals surface area contributed by atoms with Crippen molar-refractivity contribution in [1.82, 2.24) is 0 Å². The molecule has 0 aromatic carbocycles. The molecule has 5 heteroatoms. The van der Waals surface area contributed by atoms with E-state index in [1.54, 1.807) is 13.8 Å². The number of rotatable bonds is 5. The summed E-state index contributed by atoms with van der Waals surface area (Å²) in [6, 6.07) is 0. The molecule has 0 aromatic heterocycles. The molecule has 0 saturated carbocycles. The number of carbonyl (C=O) groups is 1. The van der Waals surface area contributed by atoms with Crippen LogP contribution in [-0.2, 0) is 9.53 Å². The molecule has 0 aliphatic carbocycles. The zero-order valence-electron chi connectivity index (χ0n) is 12.6. The monoisotopic (exact) mass is 282 g/mol. The highest BCUT2D eigenvalue weighted by Crippen LogP contribution is 2.35. The van der Waals surface area contributed by atoms with Crippen LogP contribution in [0.5, 0.6) is 0 Å². The average molecular weight is 282 g/mol. The van der Waals surface area contributed by atoms with Crippen LogP contribution in [0.15, 0.2) is 11.6 Å². The van der Waals surface area contributed by atoms with Crippen LogP contribution in [-0.4, -0.2) is 19.3 Å². The second-order valence-corrected chi connectivity index (χ2v) is 4.19. The van der Waals surface area contributed by atoms with Crippen LogP contribution in [0.1, 0.15) is 47.5 Å². The van der Waals surface area contributed by atoms with Crippen LogP contribution >= 0.6 is 0 Å². The minimum atomic E-state index is -4.33. The molecule has 0 bridgehead atoms. The van der Waals surface area contributed by atoms with Gasteiger partial charge in [-0.15, -0.1) is 0 Å². The quantitative estimate of drug-likeness (QED) is 0.537. The number of halogens is 3. The van der Waals surface area contributed by atoms with Crippen molar-refractivity contribution in [1.29, 1.82) is 0 Å². The lowest BCUT2D eigenvalue weighted by atomic mass is 9.88. The van der Waals surface area contributed by atoms with Crippen molar-refractivity contribution in [2.45, 2.75) is 53.6 Å². The molecular formula is C14H25F3O2. The Morgan fingerprint density at radius 1 is 1.32 bits per heavy atom. The minimum Gasteiger partial charge on any atom is -0.469 e. The van der Waals surface area contributed by atoms with E-state index in [0.717, 1.165) is 0 Å². The maximum absolute atomic E-state index is 12.8. The van der Waals surface area contributed by atoms with E-state index in [1.165, 1.54) is 20.1 Å². The molecule has 2 atom stereocenters. The molecule has 0 aliphatic heterocycles. The Labute approximate surface area is 114 Å². The van der Waals surface area contributed by atoms with Gasteiger partial charge in [0.2, 0.25) is 0 Å². The van der Waals surface area contributed by atoms with Crippen LogP contribution in [0, 0.1) is 11.8 Å². The number of ether oxygens (including phenoxy) is 1. The van der Waals surface area contributed by atoms with Gasteiger partial charge in [0.1, 0.15) is 0 Å². The number of allylic oxidation sites excluding steroid dienone is 2. The summed E-state index contributed by atoms with van der Waals surface area (Å²) in [5.74, 6) is -3.03. The molecule has 0 saturated heterocycles. The topological polar surface area (TPSA) is 26.3 Å². The lowest BCUT2D eigenvalue weighted by molar-refractivity contribution is -0.175. The van der Waals surface area contributed by atoms with Crippen LogP contribution in [0.3, 0.4) is 0 Å². The molecule has 0 radical (unpaired) electrons. The van der Waals surface area contributed by atoms with E-state index < -0.39 is 24.0 Å². The van der Waals surface area contributed by atoms with E-state index in [0.29, 0.717) is 12.0 Å². The highest BCUT2D eigenvalue weighted by molar-refractivity contribution is 5.69. The van der Waals surface area contributed by atoms with Crippen molar-refractivity contribution in [3.05, 3.63) is 11.6 Å². The van der Waals surface area contributed by atoms with Gasteiger partial charge in [-0.3, -0.25) is 4.79 Å². The van der Waals surface area contributed by atoms with Gasteiger partial charge in [-0.25, -0.2) is 0 Å². The van der Waals surface area contributed by atoms with Crippen molar-refractivity contribution in [3.63, 3.8) is 0 Å². The molecule has 114 valence electrons. The average Bonchev–Trinajstić information content (AvgIpc) is 2.36. The Morgan fingerprint density at radius 3 is 2.11 bits per heavy atom. The maximum atomic E-state index is 12.8. The van der Waals surface area contributed by atoms with Crippen molar-refractivity contribution < 1.29 is 22.7 Å². The number of esters is 1. The largest absolute Gasteiger partial charge is 0.469 e. The number of methoxy groups -OCH3 is 1. The highest BCUT2D eigenvalue weighted by atomic mass is 19.4. The Hall–Kier alpha value is -1.00. The second kappa shape index (κ2) is 9.87. The lowest BCUT2D eigenvalue weighted by Crippen LogP contribution is -2.29. The number of hydrogen-bond donors (Lipinski definition) is 0. The van der Waals surface area contributed by atoms with Gasteiger partial charge in [0, 0.05) is 6.42 Å². The minimum absolute atomic E-state index is 0.228. The molecule has 0 spiro atoms. The summed E-state index contributed by atoms with van der Waals surface area (Å²) in [6.07, 6.45) is -2.79. The van der Waals surface area contributed by atoms with E-state index in [-0.39, 0.29) is 6.42 Å². The fourth-order valence-corrected chi connectivity index (χ4v) is 1.48. The molecule has 0 amide bonds. The van der Waals surface area contributed by atoms with E-state index >= 15 is 0 Å². The van der Waals surface area contributed by atoms with Crippen LogP contribution in [0.2, 0.25) is 0 Å². The molecule has 0 fully saturated rings. The van der Waals surface area contributed by atoms with Gasteiger partial charge in [-0.1, -0.05) is 39.3 Å². The molecule has 0 rings (SSSR count). The third-order valence-electron chi connectivity index (χ3n) is 2.73. The summed E-state index contributed by atoms with van der Waals surface area (Å²) in [6.45, 7) is 8.86.